The number of hydrogen-bond acceptors (Lipinski definition) is 6. The van der Waals surface area contributed by atoms with Gasteiger partial charge in [0.15, 0.2) is 0 Å². The van der Waals surface area contributed by atoms with Gasteiger partial charge in [0.05, 0.1) is 10.6 Å². The molecule has 0 amide bonds. The number of ether oxygens (including phenoxy) is 1. The summed E-state index contributed by atoms with van der Waals surface area (Å²) in [5.74, 6) is -2.02. The van der Waals surface area contributed by atoms with Gasteiger partial charge in [-0.2, -0.15) is 4.39 Å². The monoisotopic (exact) mass is 482 g/mol. The van der Waals surface area contributed by atoms with Crippen molar-refractivity contribution in [3.63, 3.8) is 0 Å². The maximum Gasteiger partial charge on any atom is 0.368 e. The minimum Gasteiger partial charge on any atom is -0.476 e. The van der Waals surface area contributed by atoms with Gasteiger partial charge in [0.1, 0.15) is 16.9 Å². The molecule has 1 aromatic carbocycles. The van der Waals surface area contributed by atoms with Crippen molar-refractivity contribution in [1.29, 1.82) is 0 Å². The van der Waals surface area contributed by atoms with Crippen molar-refractivity contribution in [3.05, 3.63) is 24.2 Å². The summed E-state index contributed by atoms with van der Waals surface area (Å²) in [4.78, 5) is 13.8. The van der Waals surface area contributed by atoms with Crippen molar-refractivity contribution in [2.45, 2.75) is 66.3 Å². The first-order valence-corrected chi connectivity index (χ1v) is 13.7. The van der Waals surface area contributed by atoms with Crippen LogP contribution in [-0.4, -0.2) is 43.9 Å². The summed E-state index contributed by atoms with van der Waals surface area (Å²) >= 11 is 1.35. The molecular formula is C22H27FN2O5S2. The molecule has 1 aliphatic heterocycles. The Morgan fingerprint density at radius 2 is 2.00 bits per heavy atom. The summed E-state index contributed by atoms with van der Waals surface area (Å²) in [6.07, 6.45) is 9.88. The molecule has 1 atom stereocenters. The molecule has 0 spiro atoms. The van der Waals surface area contributed by atoms with E-state index < -0.39 is 21.8 Å². The smallest absolute Gasteiger partial charge is 0.368 e. The standard InChI is InChI=1S/C22H27FN2O5S2/c1-31-19-6-17-20(7-18(19)30-12-15(23)21(26)27)32(28,29)24-16(14-4-2-3-5-14)11-25(17)22-8-13(9-22)10-22/h6-7,12-14,16,24H,2-5,8-11H2,1H3,(H,26,27)/b15-12-/t13?,16-,22?/m0/s1. The normalized spacial score (nSPS) is 31.3. The molecule has 0 radical (unpaired) electrons. The summed E-state index contributed by atoms with van der Waals surface area (Å²) < 4.78 is 48.7. The first kappa shape index (κ1) is 22.0. The average molecular weight is 483 g/mol. The van der Waals surface area contributed by atoms with Crippen LogP contribution in [0.4, 0.5) is 10.1 Å². The van der Waals surface area contributed by atoms with Crippen LogP contribution in [-0.2, 0) is 14.8 Å². The lowest BCUT2D eigenvalue weighted by molar-refractivity contribution is -0.134. The Morgan fingerprint density at radius 1 is 1.31 bits per heavy atom. The van der Waals surface area contributed by atoms with E-state index in [4.69, 9.17) is 9.84 Å². The molecule has 0 aromatic heterocycles. The highest BCUT2D eigenvalue weighted by molar-refractivity contribution is 7.98. The van der Waals surface area contributed by atoms with Crippen LogP contribution in [0.1, 0.15) is 44.9 Å². The predicted octanol–water partition coefficient (Wildman–Crippen LogP) is 3.89. The van der Waals surface area contributed by atoms with E-state index in [1.165, 1.54) is 17.8 Å². The summed E-state index contributed by atoms with van der Waals surface area (Å²) in [7, 11) is -3.84. The predicted molar refractivity (Wildman–Crippen MR) is 119 cm³/mol. The van der Waals surface area contributed by atoms with Crippen molar-refractivity contribution >= 4 is 33.4 Å². The molecule has 2 bridgehead atoms. The lowest BCUT2D eigenvalue weighted by Crippen LogP contribution is -2.70. The Balaban J connectivity index is 1.59. The highest BCUT2D eigenvalue weighted by Gasteiger charge is 2.61. The number of carboxylic acids is 1. The van der Waals surface area contributed by atoms with Crippen LogP contribution in [0.15, 0.2) is 34.0 Å². The summed E-state index contributed by atoms with van der Waals surface area (Å²) in [6, 6.07) is 3.05. The number of aliphatic carboxylic acids is 1. The molecule has 32 heavy (non-hydrogen) atoms. The van der Waals surface area contributed by atoms with E-state index in [-0.39, 0.29) is 22.2 Å². The Kier molecular flexibility index (Phi) is 5.45. The third kappa shape index (κ3) is 3.60. The quantitative estimate of drug-likeness (QED) is 0.361. The van der Waals surface area contributed by atoms with E-state index in [1.54, 1.807) is 6.07 Å². The van der Waals surface area contributed by atoms with E-state index in [2.05, 4.69) is 9.62 Å². The van der Waals surface area contributed by atoms with Crippen LogP contribution in [0.2, 0.25) is 0 Å². The van der Waals surface area contributed by atoms with Gasteiger partial charge in [-0.1, -0.05) is 12.8 Å². The van der Waals surface area contributed by atoms with Crippen LogP contribution < -0.4 is 14.4 Å². The average Bonchev–Trinajstić information content (AvgIpc) is 3.19. The number of nitrogens with zero attached hydrogens (tertiary/aromatic N) is 1. The highest BCUT2D eigenvalue weighted by Crippen LogP contribution is 2.62. The maximum atomic E-state index is 13.5. The Morgan fingerprint density at radius 3 is 2.56 bits per heavy atom. The maximum absolute atomic E-state index is 13.5. The molecule has 0 saturated heterocycles. The molecule has 6 rings (SSSR count). The van der Waals surface area contributed by atoms with E-state index in [0.717, 1.165) is 50.9 Å². The van der Waals surface area contributed by atoms with Gasteiger partial charge in [0, 0.05) is 24.2 Å². The molecule has 5 aliphatic rings. The molecule has 4 aliphatic carbocycles. The fraction of sp³-hybridized carbons (Fsp3) is 0.591. The number of nitrogens with one attached hydrogen (secondary N) is 1. The molecule has 2 N–H and O–H groups in total. The van der Waals surface area contributed by atoms with E-state index in [0.29, 0.717) is 29.3 Å². The van der Waals surface area contributed by atoms with Gasteiger partial charge in [0.2, 0.25) is 15.9 Å². The lowest BCUT2D eigenvalue weighted by Gasteiger charge is -2.67. The largest absolute Gasteiger partial charge is 0.476 e. The van der Waals surface area contributed by atoms with Gasteiger partial charge in [0.25, 0.3) is 0 Å². The summed E-state index contributed by atoms with van der Waals surface area (Å²) in [5.41, 5.74) is 0.682. The molecule has 7 nitrogen and oxygen atoms in total. The SMILES string of the molecule is CSc1cc2c(cc1O/C=C(\F)C(=O)O)S(=O)(=O)N[C@H](C1CCCC1)CN2C12CC(C1)C2. The topological polar surface area (TPSA) is 95.9 Å². The van der Waals surface area contributed by atoms with Crippen molar-refractivity contribution in [2.75, 3.05) is 17.7 Å². The van der Waals surface area contributed by atoms with Gasteiger partial charge in [-0.15, -0.1) is 11.8 Å². The fourth-order valence-electron chi connectivity index (χ4n) is 5.79. The van der Waals surface area contributed by atoms with Crippen molar-refractivity contribution in [2.24, 2.45) is 11.8 Å². The van der Waals surface area contributed by atoms with Crippen LogP contribution in [0.25, 0.3) is 0 Å². The minimum atomic E-state index is -3.84. The number of carboxylic acid groups (broad SMARTS) is 1. The van der Waals surface area contributed by atoms with Gasteiger partial charge in [-0.05, 0) is 56.3 Å². The number of halogens is 1. The molecule has 174 valence electrons. The lowest BCUT2D eigenvalue weighted by atomic mass is 9.49. The fourth-order valence-corrected chi connectivity index (χ4v) is 7.82. The van der Waals surface area contributed by atoms with Crippen molar-refractivity contribution in [3.8, 4) is 5.75 Å². The Bertz CT molecular complexity index is 1070. The molecule has 10 heteroatoms. The zero-order chi connectivity index (χ0) is 22.7. The second-order valence-corrected chi connectivity index (χ2v) is 12.0. The number of rotatable bonds is 6. The minimum absolute atomic E-state index is 0.0190. The number of anilines is 1. The number of sulfonamides is 1. The van der Waals surface area contributed by atoms with E-state index in [9.17, 15) is 17.6 Å². The molecule has 4 fully saturated rings. The van der Waals surface area contributed by atoms with E-state index in [1.807, 2.05) is 6.26 Å². The Hall–Kier alpha value is -1.78. The van der Waals surface area contributed by atoms with E-state index >= 15 is 0 Å². The summed E-state index contributed by atoms with van der Waals surface area (Å²) in [6.45, 7) is 0.644. The molecule has 4 saturated carbocycles. The van der Waals surface area contributed by atoms with Crippen LogP contribution in [0.5, 0.6) is 5.75 Å². The zero-order valence-corrected chi connectivity index (χ0v) is 19.5. The highest BCUT2D eigenvalue weighted by atomic mass is 32.2. The molecular weight excluding hydrogens is 455 g/mol. The molecule has 1 heterocycles. The van der Waals surface area contributed by atoms with Gasteiger partial charge < -0.3 is 14.7 Å². The zero-order valence-electron chi connectivity index (χ0n) is 17.8. The second kappa shape index (κ2) is 7.92. The van der Waals surface area contributed by atoms with Gasteiger partial charge >= 0.3 is 5.97 Å². The molecule has 0 unspecified atom stereocenters. The number of benzene rings is 1. The number of carbonyl (C=O) groups is 1. The van der Waals surface area contributed by atoms with Crippen molar-refractivity contribution < 1.29 is 27.4 Å². The summed E-state index contributed by atoms with van der Waals surface area (Å²) in [5, 5.41) is 8.75. The third-order valence-electron chi connectivity index (χ3n) is 7.55. The van der Waals surface area contributed by atoms with Crippen LogP contribution in [0, 0.1) is 11.8 Å². The first-order chi connectivity index (χ1) is 15.2. The first-order valence-electron chi connectivity index (χ1n) is 11.0. The number of fused-ring (bicyclic) bond motifs is 1. The van der Waals surface area contributed by atoms with Crippen LogP contribution in [0.3, 0.4) is 0 Å². The van der Waals surface area contributed by atoms with Gasteiger partial charge in [-0.3, -0.25) is 0 Å². The number of thioether (sulfide) groups is 1. The Labute approximate surface area is 191 Å². The molecule has 1 aromatic rings. The number of hydrogen-bond donors (Lipinski definition) is 2. The van der Waals surface area contributed by atoms with Crippen molar-refractivity contribution in [1.82, 2.24) is 4.72 Å². The van der Waals surface area contributed by atoms with Crippen LogP contribution >= 0.6 is 11.8 Å². The van der Waals surface area contributed by atoms with Gasteiger partial charge in [-0.25, -0.2) is 17.9 Å². The third-order valence-corrected chi connectivity index (χ3v) is 9.83. The second-order valence-electron chi connectivity index (χ2n) is 9.45.